The number of piperazine rings is 1. The van der Waals surface area contributed by atoms with Crippen LogP contribution in [-0.2, 0) is 4.79 Å². The van der Waals surface area contributed by atoms with E-state index in [1.165, 1.54) is 12.0 Å². The smallest absolute Gasteiger partial charge is 0.253 e. The molecule has 1 saturated carbocycles. The van der Waals surface area contributed by atoms with Crippen LogP contribution in [0.25, 0.3) is 0 Å². The maximum atomic E-state index is 12.9. The number of halogens is 1. The van der Waals surface area contributed by atoms with Crippen molar-refractivity contribution in [3.8, 4) is 0 Å². The fourth-order valence-electron chi connectivity index (χ4n) is 5.75. The summed E-state index contributed by atoms with van der Waals surface area (Å²) in [6.45, 7) is 12.4. The molecule has 2 amide bonds. The summed E-state index contributed by atoms with van der Waals surface area (Å²) in [7, 11) is 0. The van der Waals surface area contributed by atoms with Gasteiger partial charge in [0, 0.05) is 62.8 Å². The first-order valence-electron chi connectivity index (χ1n) is 12.5. The summed E-state index contributed by atoms with van der Waals surface area (Å²) >= 11 is 5.95. The molecule has 6 heteroatoms. The van der Waals surface area contributed by atoms with E-state index in [1.54, 1.807) is 24.3 Å². The van der Waals surface area contributed by atoms with E-state index in [1.807, 2.05) is 4.90 Å². The molecule has 1 aromatic carbocycles. The number of hydrogen-bond acceptors (Lipinski definition) is 3. The van der Waals surface area contributed by atoms with Gasteiger partial charge in [0.1, 0.15) is 0 Å². The maximum absolute atomic E-state index is 12.9. The van der Waals surface area contributed by atoms with Gasteiger partial charge in [0.25, 0.3) is 5.91 Å². The number of nitrogens with zero attached hydrogens (tertiary/aromatic N) is 3. The average Bonchev–Trinajstić information content (AvgIpc) is 2.82. The number of carbonyl (C=O) groups excluding carboxylic acids is 2. The topological polar surface area (TPSA) is 43.9 Å². The summed E-state index contributed by atoms with van der Waals surface area (Å²) in [6, 6.07) is 7.11. The monoisotopic (exact) mass is 471 g/mol. The zero-order chi connectivity index (χ0) is 23.6. The van der Waals surface area contributed by atoms with Gasteiger partial charge < -0.3 is 9.80 Å². The molecule has 1 aromatic rings. The second kappa shape index (κ2) is 10.2. The van der Waals surface area contributed by atoms with Crippen molar-refractivity contribution in [1.29, 1.82) is 0 Å². The van der Waals surface area contributed by atoms with E-state index in [4.69, 9.17) is 11.6 Å². The third-order valence-corrected chi connectivity index (χ3v) is 8.46. The molecule has 0 N–H and O–H groups in total. The van der Waals surface area contributed by atoms with Crippen LogP contribution in [0.3, 0.4) is 0 Å². The summed E-state index contributed by atoms with van der Waals surface area (Å²) in [5.41, 5.74) is 2.55. The molecular weight excluding hydrogens is 434 g/mol. The minimum absolute atomic E-state index is 0.0664. The standard InChI is InChI=1S/C27H38ClN3O2/c1-4-5-25(32)31(19-21-6-9-22-18-24(21)27(22,2)3)17-14-29-12-15-30(16-13-29)26(33)20-7-10-23(28)11-8-20/h6-8,10-11,22,24H,4-5,9,12-19H2,1-3H3. The van der Waals surface area contributed by atoms with E-state index in [0.717, 1.165) is 51.5 Å². The Morgan fingerprint density at radius 1 is 1.12 bits per heavy atom. The van der Waals surface area contributed by atoms with Gasteiger partial charge in [-0.05, 0) is 60.8 Å². The van der Waals surface area contributed by atoms with Crippen LogP contribution in [0.2, 0.25) is 5.02 Å². The first-order valence-corrected chi connectivity index (χ1v) is 12.9. The molecule has 0 radical (unpaired) electrons. The predicted molar refractivity (Wildman–Crippen MR) is 133 cm³/mol. The van der Waals surface area contributed by atoms with Gasteiger partial charge in [-0.25, -0.2) is 0 Å². The Hall–Kier alpha value is -1.85. The molecule has 4 aliphatic rings. The molecule has 1 aliphatic heterocycles. The molecule has 2 atom stereocenters. The summed E-state index contributed by atoms with van der Waals surface area (Å²) in [5, 5.41) is 0.642. The molecule has 0 aromatic heterocycles. The normalized spacial score (nSPS) is 24.1. The lowest BCUT2D eigenvalue weighted by Crippen LogP contribution is -2.52. The number of fused-ring (bicyclic) bond motifs is 1. The van der Waals surface area contributed by atoms with Gasteiger partial charge in [0.05, 0.1) is 0 Å². The molecule has 0 spiro atoms. The van der Waals surface area contributed by atoms with Crippen molar-refractivity contribution < 1.29 is 9.59 Å². The Bertz CT molecular complexity index is 887. The molecule has 180 valence electrons. The lowest BCUT2D eigenvalue weighted by molar-refractivity contribution is -0.131. The number of allylic oxidation sites excluding steroid dienone is 1. The van der Waals surface area contributed by atoms with Crippen molar-refractivity contribution in [1.82, 2.24) is 14.7 Å². The molecule has 5 nitrogen and oxygen atoms in total. The van der Waals surface area contributed by atoms with Gasteiger partial charge in [-0.15, -0.1) is 0 Å². The lowest BCUT2D eigenvalue weighted by Gasteiger charge is -2.57. The van der Waals surface area contributed by atoms with Gasteiger partial charge in [0.15, 0.2) is 0 Å². The van der Waals surface area contributed by atoms with Crippen molar-refractivity contribution in [3.63, 3.8) is 0 Å². The van der Waals surface area contributed by atoms with Gasteiger partial charge in [-0.1, -0.05) is 44.0 Å². The Balaban J connectivity index is 1.29. The molecule has 1 heterocycles. The second-order valence-electron chi connectivity index (χ2n) is 10.5. The van der Waals surface area contributed by atoms with Crippen LogP contribution in [0.15, 0.2) is 35.9 Å². The average molecular weight is 472 g/mol. The maximum Gasteiger partial charge on any atom is 0.253 e. The Kier molecular flexibility index (Phi) is 7.49. The SMILES string of the molecule is CCCC(=O)N(CCN1CCN(C(=O)c2ccc(Cl)cc2)CC1)CC1=CCC2CC1C2(C)C. The Morgan fingerprint density at radius 2 is 1.82 bits per heavy atom. The molecule has 2 unspecified atom stereocenters. The molecule has 3 aliphatic carbocycles. The van der Waals surface area contributed by atoms with Crippen LogP contribution in [0.4, 0.5) is 0 Å². The van der Waals surface area contributed by atoms with Crippen molar-refractivity contribution in [2.45, 2.75) is 46.5 Å². The van der Waals surface area contributed by atoms with E-state index >= 15 is 0 Å². The van der Waals surface area contributed by atoms with Crippen LogP contribution in [0, 0.1) is 17.3 Å². The minimum Gasteiger partial charge on any atom is -0.337 e. The Labute approximate surface area is 203 Å². The number of rotatable bonds is 8. The third-order valence-electron chi connectivity index (χ3n) is 8.21. The number of benzene rings is 1. The van der Waals surface area contributed by atoms with Gasteiger partial charge >= 0.3 is 0 Å². The van der Waals surface area contributed by atoms with Gasteiger partial charge in [-0.3, -0.25) is 14.5 Å². The first kappa shape index (κ1) is 24.3. The number of hydrogen-bond donors (Lipinski definition) is 0. The van der Waals surface area contributed by atoms with Crippen molar-refractivity contribution in [2.24, 2.45) is 17.3 Å². The highest BCUT2D eigenvalue weighted by molar-refractivity contribution is 6.30. The zero-order valence-electron chi connectivity index (χ0n) is 20.4. The minimum atomic E-state index is 0.0664. The molecular formula is C27H38ClN3O2. The zero-order valence-corrected chi connectivity index (χ0v) is 21.1. The summed E-state index contributed by atoms with van der Waals surface area (Å²) in [6.07, 6.45) is 6.37. The van der Waals surface area contributed by atoms with E-state index in [2.05, 4.69) is 36.6 Å². The van der Waals surface area contributed by atoms with Crippen LogP contribution >= 0.6 is 11.6 Å². The predicted octanol–water partition coefficient (Wildman–Crippen LogP) is 4.72. The lowest BCUT2D eigenvalue weighted by atomic mass is 9.49. The van der Waals surface area contributed by atoms with Crippen LogP contribution in [-0.4, -0.2) is 72.3 Å². The highest BCUT2D eigenvalue weighted by Crippen LogP contribution is 2.59. The van der Waals surface area contributed by atoms with Crippen molar-refractivity contribution in [2.75, 3.05) is 45.8 Å². The molecule has 33 heavy (non-hydrogen) atoms. The highest BCUT2D eigenvalue weighted by atomic mass is 35.5. The summed E-state index contributed by atoms with van der Waals surface area (Å²) in [5.74, 6) is 1.79. The number of amides is 2. The molecule has 2 fully saturated rings. The second-order valence-corrected chi connectivity index (χ2v) is 11.0. The van der Waals surface area contributed by atoms with Crippen molar-refractivity contribution >= 4 is 23.4 Å². The first-order chi connectivity index (χ1) is 15.8. The quantitative estimate of drug-likeness (QED) is 0.515. The number of carbonyl (C=O) groups is 2. The third kappa shape index (κ3) is 5.30. The van der Waals surface area contributed by atoms with E-state index < -0.39 is 0 Å². The largest absolute Gasteiger partial charge is 0.337 e. The van der Waals surface area contributed by atoms with E-state index in [0.29, 0.717) is 41.4 Å². The fraction of sp³-hybridized carbons (Fsp3) is 0.630. The highest BCUT2D eigenvalue weighted by Gasteiger charge is 2.51. The molecule has 5 rings (SSSR count). The fourth-order valence-corrected chi connectivity index (χ4v) is 5.88. The van der Waals surface area contributed by atoms with E-state index in [9.17, 15) is 9.59 Å². The van der Waals surface area contributed by atoms with Crippen LogP contribution in [0.5, 0.6) is 0 Å². The van der Waals surface area contributed by atoms with Crippen LogP contribution < -0.4 is 0 Å². The molecule has 1 saturated heterocycles. The Morgan fingerprint density at radius 3 is 2.42 bits per heavy atom. The summed E-state index contributed by atoms with van der Waals surface area (Å²) in [4.78, 5) is 32.1. The van der Waals surface area contributed by atoms with Crippen LogP contribution in [0.1, 0.15) is 56.8 Å². The van der Waals surface area contributed by atoms with Gasteiger partial charge in [-0.2, -0.15) is 0 Å². The van der Waals surface area contributed by atoms with Crippen molar-refractivity contribution in [3.05, 3.63) is 46.5 Å². The molecule has 2 bridgehead atoms. The van der Waals surface area contributed by atoms with E-state index in [-0.39, 0.29) is 11.8 Å². The summed E-state index contributed by atoms with van der Waals surface area (Å²) < 4.78 is 0. The van der Waals surface area contributed by atoms with Gasteiger partial charge in [0.2, 0.25) is 5.91 Å².